The molecule has 3 N–H and O–H groups in total. The number of pyridine rings is 1. The van der Waals surface area contributed by atoms with Crippen molar-refractivity contribution in [2.75, 3.05) is 5.73 Å². The Kier molecular flexibility index (Phi) is 2.73. The lowest BCUT2D eigenvalue weighted by Gasteiger charge is -1.92. The monoisotopic (exact) mass is 258 g/mol. The summed E-state index contributed by atoms with van der Waals surface area (Å²) < 4.78 is 0. The van der Waals surface area contributed by atoms with Crippen molar-refractivity contribution in [3.63, 3.8) is 0 Å². The summed E-state index contributed by atoms with van der Waals surface area (Å²) in [4.78, 5) is 12.6. The summed E-state index contributed by atoms with van der Waals surface area (Å²) in [7, 11) is 0. The van der Waals surface area contributed by atoms with Gasteiger partial charge in [-0.1, -0.05) is 0 Å². The van der Waals surface area contributed by atoms with Crippen LogP contribution in [0, 0.1) is 0 Å². The zero-order valence-electron chi connectivity index (χ0n) is 9.37. The van der Waals surface area contributed by atoms with Crippen molar-refractivity contribution in [3.8, 4) is 11.4 Å². The fourth-order valence-electron chi connectivity index (χ4n) is 1.58. The molecule has 0 bridgehead atoms. The second kappa shape index (κ2) is 4.53. The fourth-order valence-corrected chi connectivity index (χ4v) is 2.14. The van der Waals surface area contributed by atoms with Gasteiger partial charge in [0.25, 0.3) is 0 Å². The Hall–Kier alpha value is -2.28. The van der Waals surface area contributed by atoms with E-state index in [0.29, 0.717) is 17.4 Å². The maximum atomic E-state index is 5.58. The Labute approximate surface area is 107 Å². The number of nitrogens with zero attached hydrogens (tertiary/aromatic N) is 4. The number of aromatic amines is 1. The van der Waals surface area contributed by atoms with Gasteiger partial charge >= 0.3 is 0 Å². The number of anilines is 1. The molecule has 7 heteroatoms. The molecule has 0 atom stereocenters. The molecule has 0 aliphatic rings. The molecule has 3 aromatic heterocycles. The molecule has 0 aliphatic carbocycles. The van der Waals surface area contributed by atoms with Gasteiger partial charge in [0, 0.05) is 23.3 Å². The number of thiazole rings is 1. The Balaban J connectivity index is 1.82. The van der Waals surface area contributed by atoms with Gasteiger partial charge in [0.2, 0.25) is 0 Å². The average Bonchev–Trinajstić information content (AvgIpc) is 3.01. The number of nitrogens with one attached hydrogen (secondary N) is 1. The molecule has 0 amide bonds. The van der Waals surface area contributed by atoms with Crippen LogP contribution in [-0.4, -0.2) is 25.1 Å². The lowest BCUT2D eigenvalue weighted by atomic mass is 10.2. The summed E-state index contributed by atoms with van der Waals surface area (Å²) >= 11 is 1.42. The van der Waals surface area contributed by atoms with E-state index in [-0.39, 0.29) is 0 Å². The molecule has 0 unspecified atom stereocenters. The minimum atomic E-state index is 0.568. The van der Waals surface area contributed by atoms with Crippen molar-refractivity contribution in [1.82, 2.24) is 25.1 Å². The van der Waals surface area contributed by atoms with E-state index < -0.39 is 0 Å². The van der Waals surface area contributed by atoms with Crippen molar-refractivity contribution in [1.29, 1.82) is 0 Å². The van der Waals surface area contributed by atoms with Crippen LogP contribution >= 0.6 is 11.3 Å². The molecular weight excluding hydrogens is 248 g/mol. The molecule has 3 aromatic rings. The van der Waals surface area contributed by atoms with E-state index >= 15 is 0 Å². The molecule has 18 heavy (non-hydrogen) atoms. The topological polar surface area (TPSA) is 93.4 Å². The highest BCUT2D eigenvalue weighted by Gasteiger charge is 2.07. The molecule has 0 aromatic carbocycles. The molecule has 0 spiro atoms. The highest BCUT2D eigenvalue weighted by molar-refractivity contribution is 7.13. The Morgan fingerprint density at radius 3 is 2.78 bits per heavy atom. The number of H-pyrrole nitrogens is 1. The van der Waals surface area contributed by atoms with Crippen molar-refractivity contribution in [2.45, 2.75) is 6.42 Å². The summed E-state index contributed by atoms with van der Waals surface area (Å²) in [5.74, 6) is 1.43. The fraction of sp³-hybridized carbons (Fsp3) is 0.0909. The van der Waals surface area contributed by atoms with Gasteiger partial charge < -0.3 is 5.73 Å². The second-order valence-electron chi connectivity index (χ2n) is 3.70. The molecule has 6 nitrogen and oxygen atoms in total. The first kappa shape index (κ1) is 10.8. The number of hydrogen-bond acceptors (Lipinski definition) is 6. The van der Waals surface area contributed by atoms with E-state index in [4.69, 9.17) is 5.73 Å². The number of hydrogen-bond donors (Lipinski definition) is 2. The standard InChI is InChI=1S/C11H10N6S/c12-11-14-8(6-18-11)5-9-15-10(17-16-9)7-1-3-13-4-2-7/h1-4,6H,5H2,(H2,12,14)(H,15,16,17). The van der Waals surface area contributed by atoms with Crippen molar-refractivity contribution < 1.29 is 0 Å². The molecule has 3 rings (SSSR count). The number of rotatable bonds is 3. The molecule has 3 heterocycles. The van der Waals surface area contributed by atoms with Gasteiger partial charge in [-0.15, -0.1) is 11.3 Å². The summed E-state index contributed by atoms with van der Waals surface area (Å²) in [6, 6.07) is 3.74. The molecule has 0 radical (unpaired) electrons. The second-order valence-corrected chi connectivity index (χ2v) is 4.59. The zero-order valence-corrected chi connectivity index (χ0v) is 10.2. The SMILES string of the molecule is Nc1nc(Cc2nc(-c3ccncc3)n[nH]2)cs1. The van der Waals surface area contributed by atoms with Gasteiger partial charge in [-0.05, 0) is 12.1 Å². The van der Waals surface area contributed by atoms with Crippen LogP contribution in [0.3, 0.4) is 0 Å². The first-order valence-electron chi connectivity index (χ1n) is 5.33. The Morgan fingerprint density at radius 2 is 2.06 bits per heavy atom. The molecule has 0 aliphatic heterocycles. The van der Waals surface area contributed by atoms with Crippen LogP contribution in [0.1, 0.15) is 11.5 Å². The minimum absolute atomic E-state index is 0.568. The van der Waals surface area contributed by atoms with Gasteiger partial charge in [0.05, 0.1) is 12.1 Å². The van der Waals surface area contributed by atoms with Crippen LogP contribution in [-0.2, 0) is 6.42 Å². The van der Waals surface area contributed by atoms with Gasteiger partial charge in [-0.25, -0.2) is 9.97 Å². The predicted octanol–water partition coefficient (Wildman–Crippen LogP) is 1.50. The van der Waals surface area contributed by atoms with Crippen LogP contribution in [0.4, 0.5) is 5.13 Å². The van der Waals surface area contributed by atoms with E-state index in [1.54, 1.807) is 12.4 Å². The number of nitrogen functional groups attached to an aromatic ring is 1. The van der Waals surface area contributed by atoms with E-state index in [9.17, 15) is 0 Å². The molecular formula is C11H10N6S. The first-order valence-corrected chi connectivity index (χ1v) is 6.21. The van der Waals surface area contributed by atoms with Crippen LogP contribution in [0.5, 0.6) is 0 Å². The molecule has 90 valence electrons. The van der Waals surface area contributed by atoms with Crippen LogP contribution < -0.4 is 5.73 Å². The van der Waals surface area contributed by atoms with E-state index in [0.717, 1.165) is 17.1 Å². The summed E-state index contributed by atoms with van der Waals surface area (Å²) in [6.07, 6.45) is 4.03. The quantitative estimate of drug-likeness (QED) is 0.742. The van der Waals surface area contributed by atoms with Crippen molar-refractivity contribution in [3.05, 3.63) is 41.4 Å². The van der Waals surface area contributed by atoms with Gasteiger partial charge in [-0.3, -0.25) is 10.1 Å². The summed E-state index contributed by atoms with van der Waals surface area (Å²) in [5, 5.41) is 9.56. The largest absolute Gasteiger partial charge is 0.375 e. The maximum absolute atomic E-state index is 5.58. The number of aromatic nitrogens is 5. The maximum Gasteiger partial charge on any atom is 0.181 e. The normalized spacial score (nSPS) is 10.7. The highest BCUT2D eigenvalue weighted by atomic mass is 32.1. The third-order valence-corrected chi connectivity index (χ3v) is 3.11. The van der Waals surface area contributed by atoms with E-state index in [1.807, 2.05) is 17.5 Å². The number of nitrogens with two attached hydrogens (primary N) is 1. The molecule has 0 fully saturated rings. The van der Waals surface area contributed by atoms with Crippen molar-refractivity contribution >= 4 is 16.5 Å². The lowest BCUT2D eigenvalue weighted by molar-refractivity contribution is 0.952. The summed E-state index contributed by atoms with van der Waals surface area (Å²) in [5.41, 5.74) is 7.42. The van der Waals surface area contributed by atoms with E-state index in [1.165, 1.54) is 11.3 Å². The van der Waals surface area contributed by atoms with Gasteiger partial charge in [0.15, 0.2) is 11.0 Å². The lowest BCUT2D eigenvalue weighted by Crippen LogP contribution is -1.92. The average molecular weight is 258 g/mol. The van der Waals surface area contributed by atoms with Gasteiger partial charge in [0.1, 0.15) is 5.82 Å². The smallest absolute Gasteiger partial charge is 0.181 e. The summed E-state index contributed by atoms with van der Waals surface area (Å²) in [6.45, 7) is 0. The van der Waals surface area contributed by atoms with Crippen LogP contribution in [0.25, 0.3) is 11.4 Å². The molecule has 0 saturated heterocycles. The molecule has 0 saturated carbocycles. The Morgan fingerprint density at radius 1 is 1.22 bits per heavy atom. The van der Waals surface area contributed by atoms with Crippen LogP contribution in [0.2, 0.25) is 0 Å². The van der Waals surface area contributed by atoms with E-state index in [2.05, 4.69) is 25.1 Å². The minimum Gasteiger partial charge on any atom is -0.375 e. The third kappa shape index (κ3) is 2.21. The van der Waals surface area contributed by atoms with Gasteiger partial charge in [-0.2, -0.15) is 5.10 Å². The Bertz CT molecular complexity index is 644. The first-order chi connectivity index (χ1) is 8.81. The highest BCUT2D eigenvalue weighted by Crippen LogP contribution is 2.16. The third-order valence-electron chi connectivity index (χ3n) is 2.39. The predicted molar refractivity (Wildman–Crippen MR) is 68.9 cm³/mol. The van der Waals surface area contributed by atoms with Crippen molar-refractivity contribution in [2.24, 2.45) is 0 Å². The zero-order chi connectivity index (χ0) is 12.4. The van der Waals surface area contributed by atoms with Crippen LogP contribution in [0.15, 0.2) is 29.9 Å².